The first-order valence-electron chi connectivity index (χ1n) is 6.00. The van der Waals surface area contributed by atoms with Crippen molar-refractivity contribution in [2.45, 2.75) is 26.3 Å². The van der Waals surface area contributed by atoms with E-state index in [1.165, 1.54) is 10.7 Å². The van der Waals surface area contributed by atoms with Gasteiger partial charge in [-0.25, -0.2) is 18.3 Å². The molecule has 2 aromatic rings. The van der Waals surface area contributed by atoms with Crippen LogP contribution in [-0.2, 0) is 6.54 Å². The monoisotopic (exact) mass is 281 g/mol. The van der Waals surface area contributed by atoms with E-state index in [2.05, 4.69) is 10.3 Å². The molecule has 0 radical (unpaired) electrons. The Bertz CT molecular complexity index is 653. The van der Waals surface area contributed by atoms with Gasteiger partial charge in [0.05, 0.1) is 12.2 Å². The molecule has 1 aromatic carbocycles. The van der Waals surface area contributed by atoms with E-state index in [0.717, 1.165) is 12.1 Å². The normalized spacial score (nSPS) is 11.1. The number of benzene rings is 1. The van der Waals surface area contributed by atoms with Crippen LogP contribution in [0.3, 0.4) is 0 Å². The summed E-state index contributed by atoms with van der Waals surface area (Å²) in [7, 11) is 0. The Balaban J connectivity index is 2.38. The van der Waals surface area contributed by atoms with Crippen LogP contribution >= 0.6 is 0 Å². The number of aromatic carboxylic acids is 1. The van der Waals surface area contributed by atoms with E-state index in [1.807, 2.05) is 13.8 Å². The average molecular weight is 281 g/mol. The first-order chi connectivity index (χ1) is 9.40. The van der Waals surface area contributed by atoms with E-state index in [1.54, 1.807) is 0 Å². The Hall–Kier alpha value is -2.31. The number of halogens is 2. The third-order valence-electron chi connectivity index (χ3n) is 2.84. The van der Waals surface area contributed by atoms with Gasteiger partial charge in [-0.1, -0.05) is 25.1 Å². The number of aromatic nitrogens is 3. The van der Waals surface area contributed by atoms with Gasteiger partial charge in [-0.2, -0.15) is 0 Å². The van der Waals surface area contributed by atoms with Crippen molar-refractivity contribution >= 4 is 5.97 Å². The van der Waals surface area contributed by atoms with E-state index in [0.29, 0.717) is 11.3 Å². The number of hydrogen-bond acceptors (Lipinski definition) is 3. The number of rotatable bonds is 4. The van der Waals surface area contributed by atoms with Gasteiger partial charge in [0, 0.05) is 0 Å². The zero-order chi connectivity index (χ0) is 14.9. The van der Waals surface area contributed by atoms with Crippen LogP contribution < -0.4 is 0 Å². The van der Waals surface area contributed by atoms with E-state index < -0.39 is 17.6 Å². The second kappa shape index (κ2) is 5.36. The van der Waals surface area contributed by atoms with Gasteiger partial charge >= 0.3 is 5.97 Å². The summed E-state index contributed by atoms with van der Waals surface area (Å²) in [6, 6.07) is 3.50. The summed E-state index contributed by atoms with van der Waals surface area (Å²) >= 11 is 0. The molecule has 0 aliphatic heterocycles. The summed E-state index contributed by atoms with van der Waals surface area (Å²) in [4.78, 5) is 11.1. The molecular formula is C13H13F2N3O2. The first kappa shape index (κ1) is 14.1. The van der Waals surface area contributed by atoms with Crippen molar-refractivity contribution in [3.63, 3.8) is 0 Å². The van der Waals surface area contributed by atoms with Crippen LogP contribution in [0.5, 0.6) is 0 Å². The Kier molecular flexibility index (Phi) is 3.78. The Morgan fingerprint density at radius 3 is 2.60 bits per heavy atom. The van der Waals surface area contributed by atoms with Crippen molar-refractivity contribution in [2.24, 2.45) is 0 Å². The molecule has 1 heterocycles. The maximum absolute atomic E-state index is 13.2. The van der Waals surface area contributed by atoms with E-state index in [-0.39, 0.29) is 18.2 Å². The molecule has 2 rings (SSSR count). The minimum absolute atomic E-state index is 0.110. The molecule has 0 atom stereocenters. The summed E-state index contributed by atoms with van der Waals surface area (Å²) in [5.74, 6) is -3.15. The smallest absolute Gasteiger partial charge is 0.358 e. The maximum atomic E-state index is 13.2. The fraction of sp³-hybridized carbons (Fsp3) is 0.308. The van der Waals surface area contributed by atoms with Crippen LogP contribution in [0.2, 0.25) is 0 Å². The highest BCUT2D eigenvalue weighted by molar-refractivity contribution is 5.86. The standard InChI is InChI=1S/C13H13F2N3O2/c1-7(2)12-11(13(19)20)16-17-18(12)6-8-3-4-9(14)10(15)5-8/h3-5,7H,6H2,1-2H3,(H,19,20). The summed E-state index contributed by atoms with van der Waals surface area (Å²) in [6.45, 7) is 3.75. The molecule has 0 spiro atoms. The quantitative estimate of drug-likeness (QED) is 0.934. The van der Waals surface area contributed by atoms with E-state index in [9.17, 15) is 13.6 Å². The molecule has 20 heavy (non-hydrogen) atoms. The highest BCUT2D eigenvalue weighted by Crippen LogP contribution is 2.19. The molecule has 0 unspecified atom stereocenters. The minimum Gasteiger partial charge on any atom is -0.476 e. The lowest BCUT2D eigenvalue weighted by Crippen LogP contribution is -2.11. The average Bonchev–Trinajstić information content (AvgIpc) is 2.78. The van der Waals surface area contributed by atoms with Crippen molar-refractivity contribution < 1.29 is 18.7 Å². The topological polar surface area (TPSA) is 68.0 Å². The predicted molar refractivity (Wildman–Crippen MR) is 66.5 cm³/mol. The molecular weight excluding hydrogens is 268 g/mol. The Labute approximate surface area is 113 Å². The van der Waals surface area contributed by atoms with Gasteiger partial charge in [0.15, 0.2) is 17.3 Å². The fourth-order valence-electron chi connectivity index (χ4n) is 1.97. The molecule has 0 fully saturated rings. The minimum atomic E-state index is -1.16. The molecule has 0 saturated carbocycles. The van der Waals surface area contributed by atoms with E-state index >= 15 is 0 Å². The van der Waals surface area contributed by atoms with Crippen molar-refractivity contribution in [1.29, 1.82) is 0 Å². The number of carbonyl (C=O) groups is 1. The van der Waals surface area contributed by atoms with Crippen molar-refractivity contribution in [3.8, 4) is 0 Å². The molecule has 7 heteroatoms. The third-order valence-corrected chi connectivity index (χ3v) is 2.84. The molecule has 1 aromatic heterocycles. The number of hydrogen-bond donors (Lipinski definition) is 1. The summed E-state index contributed by atoms with van der Waals surface area (Å²) < 4.78 is 27.4. The summed E-state index contributed by atoms with van der Waals surface area (Å²) in [5, 5.41) is 16.4. The Morgan fingerprint density at radius 1 is 1.35 bits per heavy atom. The van der Waals surface area contributed by atoms with Crippen LogP contribution in [0, 0.1) is 11.6 Å². The summed E-state index contributed by atoms with van der Waals surface area (Å²) in [5.41, 5.74) is 0.803. The van der Waals surface area contributed by atoms with Gasteiger partial charge in [0.2, 0.25) is 0 Å². The molecule has 0 saturated heterocycles. The lowest BCUT2D eigenvalue weighted by molar-refractivity contribution is 0.0688. The van der Waals surface area contributed by atoms with Crippen LogP contribution in [0.15, 0.2) is 18.2 Å². The van der Waals surface area contributed by atoms with Crippen molar-refractivity contribution in [3.05, 3.63) is 46.8 Å². The molecule has 0 aliphatic rings. The molecule has 5 nitrogen and oxygen atoms in total. The zero-order valence-corrected chi connectivity index (χ0v) is 11.0. The SMILES string of the molecule is CC(C)c1c(C(=O)O)nnn1Cc1ccc(F)c(F)c1. The molecule has 0 bridgehead atoms. The lowest BCUT2D eigenvalue weighted by atomic mass is 10.1. The van der Waals surface area contributed by atoms with Crippen LogP contribution in [-0.4, -0.2) is 26.1 Å². The second-order valence-electron chi connectivity index (χ2n) is 4.69. The fourth-order valence-corrected chi connectivity index (χ4v) is 1.97. The number of carboxylic acids is 1. The largest absolute Gasteiger partial charge is 0.476 e. The van der Waals surface area contributed by atoms with Crippen LogP contribution in [0.4, 0.5) is 8.78 Å². The third kappa shape index (κ3) is 2.66. The number of carboxylic acid groups (broad SMARTS) is 1. The van der Waals surface area contributed by atoms with Gasteiger partial charge in [-0.05, 0) is 23.6 Å². The van der Waals surface area contributed by atoms with E-state index in [4.69, 9.17) is 5.11 Å². The summed E-state index contributed by atoms with van der Waals surface area (Å²) in [6.07, 6.45) is 0. The predicted octanol–water partition coefficient (Wildman–Crippen LogP) is 2.43. The highest BCUT2D eigenvalue weighted by atomic mass is 19.2. The van der Waals surface area contributed by atoms with Gasteiger partial charge in [-0.3, -0.25) is 0 Å². The maximum Gasteiger partial charge on any atom is 0.358 e. The molecule has 0 aliphatic carbocycles. The second-order valence-corrected chi connectivity index (χ2v) is 4.69. The lowest BCUT2D eigenvalue weighted by Gasteiger charge is -2.10. The highest BCUT2D eigenvalue weighted by Gasteiger charge is 2.21. The van der Waals surface area contributed by atoms with Crippen molar-refractivity contribution in [1.82, 2.24) is 15.0 Å². The number of nitrogens with zero attached hydrogens (tertiary/aromatic N) is 3. The van der Waals surface area contributed by atoms with Gasteiger partial charge < -0.3 is 5.11 Å². The molecule has 106 valence electrons. The Morgan fingerprint density at radius 2 is 2.05 bits per heavy atom. The van der Waals surface area contributed by atoms with Gasteiger partial charge in [0.1, 0.15) is 0 Å². The van der Waals surface area contributed by atoms with Gasteiger partial charge in [0.25, 0.3) is 0 Å². The van der Waals surface area contributed by atoms with Crippen LogP contribution in [0.1, 0.15) is 41.5 Å². The molecule has 1 N–H and O–H groups in total. The van der Waals surface area contributed by atoms with Crippen LogP contribution in [0.25, 0.3) is 0 Å². The molecule has 0 amide bonds. The van der Waals surface area contributed by atoms with Crippen molar-refractivity contribution in [2.75, 3.05) is 0 Å². The first-order valence-corrected chi connectivity index (χ1v) is 6.00. The zero-order valence-electron chi connectivity index (χ0n) is 11.0. The van der Waals surface area contributed by atoms with Gasteiger partial charge in [-0.15, -0.1) is 5.10 Å².